The van der Waals surface area contributed by atoms with Crippen LogP contribution in [-0.4, -0.2) is 19.9 Å². The van der Waals surface area contributed by atoms with Crippen molar-refractivity contribution in [3.05, 3.63) is 159 Å². The van der Waals surface area contributed by atoms with E-state index in [0.717, 1.165) is 49.8 Å². The zero-order chi connectivity index (χ0) is 31.6. The van der Waals surface area contributed by atoms with Crippen molar-refractivity contribution in [1.82, 2.24) is 19.9 Å². The Bertz CT molecular complexity index is 2730. The van der Waals surface area contributed by atoms with E-state index in [9.17, 15) is 0 Å². The van der Waals surface area contributed by atoms with Gasteiger partial charge in [-0.15, -0.1) is 0 Å². The predicted octanol–water partition coefficient (Wildman–Crippen LogP) is 11.1. The van der Waals surface area contributed by atoms with Crippen molar-refractivity contribution in [3.8, 4) is 44.6 Å². The van der Waals surface area contributed by atoms with E-state index in [2.05, 4.69) is 135 Å². The molecule has 10 rings (SSSR count). The van der Waals surface area contributed by atoms with Gasteiger partial charge in [-0.1, -0.05) is 84.9 Å². The van der Waals surface area contributed by atoms with E-state index in [1.54, 1.807) is 12.4 Å². The number of rotatable bonds is 4. The van der Waals surface area contributed by atoms with Gasteiger partial charge < -0.3 is 0 Å². The van der Waals surface area contributed by atoms with Gasteiger partial charge in [0.1, 0.15) is 0 Å². The third-order valence-electron chi connectivity index (χ3n) is 9.74. The molecule has 0 fully saturated rings. The molecule has 0 aliphatic rings. The highest BCUT2D eigenvalue weighted by Crippen LogP contribution is 2.44. The van der Waals surface area contributed by atoms with Gasteiger partial charge in [0.2, 0.25) is 0 Å². The van der Waals surface area contributed by atoms with Crippen LogP contribution >= 0.6 is 0 Å². The molecule has 7 aromatic carbocycles. The maximum atomic E-state index is 4.65. The van der Waals surface area contributed by atoms with E-state index in [1.807, 2.05) is 31.0 Å². The van der Waals surface area contributed by atoms with Gasteiger partial charge in [-0.25, -0.2) is 0 Å². The van der Waals surface area contributed by atoms with Crippen LogP contribution in [0.3, 0.4) is 0 Å². The molecule has 0 atom stereocenters. The highest BCUT2D eigenvalue weighted by atomic mass is 14.8. The molecule has 0 radical (unpaired) electrons. The fourth-order valence-corrected chi connectivity index (χ4v) is 7.54. The Kier molecular flexibility index (Phi) is 5.84. The first-order valence-electron chi connectivity index (χ1n) is 16.1. The minimum absolute atomic E-state index is 0.877. The number of benzene rings is 7. The van der Waals surface area contributed by atoms with Crippen LogP contribution in [0, 0.1) is 0 Å². The summed E-state index contributed by atoms with van der Waals surface area (Å²) in [6, 6.07) is 42.1. The number of aromatic nitrogens is 4. The summed E-state index contributed by atoms with van der Waals surface area (Å²) in [7, 11) is 0. The molecular formula is C44H26N4. The second-order valence-electron chi connectivity index (χ2n) is 12.3. The van der Waals surface area contributed by atoms with Gasteiger partial charge in [0, 0.05) is 53.5 Å². The molecule has 0 saturated carbocycles. The summed E-state index contributed by atoms with van der Waals surface area (Å²) in [6.07, 6.45) is 13.0. The summed E-state index contributed by atoms with van der Waals surface area (Å²) in [5.74, 6) is 0. The van der Waals surface area contributed by atoms with Crippen molar-refractivity contribution in [2.75, 3.05) is 0 Å². The minimum atomic E-state index is 0.877. The maximum Gasteiger partial charge on any atom is 0.0891 e. The van der Waals surface area contributed by atoms with E-state index < -0.39 is 0 Å². The molecule has 4 heteroatoms. The molecule has 0 saturated heterocycles. The fourth-order valence-electron chi connectivity index (χ4n) is 7.54. The lowest BCUT2D eigenvalue weighted by Crippen LogP contribution is -1.92. The Morgan fingerprint density at radius 1 is 0.333 bits per heavy atom. The monoisotopic (exact) mass is 610 g/mol. The van der Waals surface area contributed by atoms with Gasteiger partial charge in [0.05, 0.1) is 11.9 Å². The van der Waals surface area contributed by atoms with Gasteiger partial charge in [-0.3, -0.25) is 19.9 Å². The van der Waals surface area contributed by atoms with Gasteiger partial charge >= 0.3 is 0 Å². The second-order valence-corrected chi connectivity index (χ2v) is 12.3. The van der Waals surface area contributed by atoms with Crippen molar-refractivity contribution in [2.24, 2.45) is 0 Å². The number of pyridine rings is 2. The van der Waals surface area contributed by atoms with Gasteiger partial charge in [-0.2, -0.15) is 0 Å². The topological polar surface area (TPSA) is 51.6 Å². The highest BCUT2D eigenvalue weighted by Gasteiger charge is 2.17. The van der Waals surface area contributed by atoms with Crippen molar-refractivity contribution < 1.29 is 0 Å². The Hall–Kier alpha value is -6.52. The first-order chi connectivity index (χ1) is 23.8. The molecule has 10 aromatic rings. The Labute approximate surface area is 276 Å². The molecule has 0 N–H and O–H groups in total. The summed E-state index contributed by atoms with van der Waals surface area (Å²) in [5.41, 5.74) is 8.95. The molecule has 0 aliphatic carbocycles. The fraction of sp³-hybridized carbons (Fsp3) is 0. The Morgan fingerprint density at radius 3 is 1.40 bits per heavy atom. The van der Waals surface area contributed by atoms with Crippen molar-refractivity contribution >= 4 is 53.9 Å². The van der Waals surface area contributed by atoms with E-state index in [0.29, 0.717) is 0 Å². The van der Waals surface area contributed by atoms with Gasteiger partial charge in [-0.05, 0) is 107 Å². The summed E-state index contributed by atoms with van der Waals surface area (Å²) >= 11 is 0. The van der Waals surface area contributed by atoms with Crippen LogP contribution in [0.15, 0.2) is 159 Å². The van der Waals surface area contributed by atoms with Gasteiger partial charge in [0.15, 0.2) is 0 Å². The van der Waals surface area contributed by atoms with Crippen LogP contribution in [-0.2, 0) is 0 Å². The standard InChI is InChI=1S/C44H26N4/c1-3-27-15-17-45-24-40(27)34(5-1)31-21-32(35-6-2-4-28-16-18-46-25-41(28)35)23-33(22-31)36-11-7-29-10-14-39-37(42-26-47-19-20-48-42)12-8-30-9-13-38(36)43(29)44(30)39/h1-26H. The van der Waals surface area contributed by atoms with Crippen LogP contribution in [0.25, 0.3) is 98.5 Å². The molecule has 0 bridgehead atoms. The molecule has 0 spiro atoms. The SMILES string of the molecule is c1cc(-c2cc(-c3cccc4ccncc34)cc(-c3ccc4ccc5c(-c6cnccn6)ccc6ccc3c4c65)c2)c2cnccc2c1. The second kappa shape index (κ2) is 10.5. The van der Waals surface area contributed by atoms with E-state index in [-0.39, 0.29) is 0 Å². The average molecular weight is 611 g/mol. The third-order valence-corrected chi connectivity index (χ3v) is 9.74. The third kappa shape index (κ3) is 4.10. The molecule has 0 unspecified atom stereocenters. The maximum absolute atomic E-state index is 4.65. The Balaban J connectivity index is 1.27. The highest BCUT2D eigenvalue weighted by molar-refractivity contribution is 6.27. The van der Waals surface area contributed by atoms with Crippen LogP contribution < -0.4 is 0 Å². The lowest BCUT2D eigenvalue weighted by molar-refractivity contribution is 1.21. The van der Waals surface area contributed by atoms with Gasteiger partial charge in [0.25, 0.3) is 0 Å². The van der Waals surface area contributed by atoms with Crippen LogP contribution in [0.1, 0.15) is 0 Å². The molecule has 3 heterocycles. The van der Waals surface area contributed by atoms with E-state index in [1.165, 1.54) is 48.7 Å². The molecule has 0 aliphatic heterocycles. The normalized spacial score (nSPS) is 11.8. The number of fused-ring (bicyclic) bond motifs is 2. The molecular weight excluding hydrogens is 585 g/mol. The van der Waals surface area contributed by atoms with Crippen molar-refractivity contribution in [2.45, 2.75) is 0 Å². The number of nitrogens with zero attached hydrogens (tertiary/aromatic N) is 4. The van der Waals surface area contributed by atoms with Crippen molar-refractivity contribution in [3.63, 3.8) is 0 Å². The first-order valence-corrected chi connectivity index (χ1v) is 16.1. The Morgan fingerprint density at radius 2 is 0.833 bits per heavy atom. The van der Waals surface area contributed by atoms with Crippen LogP contribution in [0.4, 0.5) is 0 Å². The summed E-state index contributed by atoms with van der Waals surface area (Å²) in [6.45, 7) is 0. The summed E-state index contributed by atoms with van der Waals surface area (Å²) in [5, 5.41) is 12.0. The largest absolute Gasteiger partial charge is 0.264 e. The quantitative estimate of drug-likeness (QED) is 0.186. The summed E-state index contributed by atoms with van der Waals surface area (Å²) in [4.78, 5) is 18.0. The molecule has 222 valence electrons. The summed E-state index contributed by atoms with van der Waals surface area (Å²) < 4.78 is 0. The lowest BCUT2D eigenvalue weighted by Gasteiger charge is -2.18. The smallest absolute Gasteiger partial charge is 0.0891 e. The average Bonchev–Trinajstić information content (AvgIpc) is 3.16. The van der Waals surface area contributed by atoms with Crippen LogP contribution in [0.2, 0.25) is 0 Å². The zero-order valence-electron chi connectivity index (χ0n) is 25.8. The molecule has 0 amide bonds. The van der Waals surface area contributed by atoms with Crippen LogP contribution in [0.5, 0.6) is 0 Å². The molecule has 4 nitrogen and oxygen atoms in total. The van der Waals surface area contributed by atoms with E-state index in [4.69, 9.17) is 0 Å². The lowest BCUT2D eigenvalue weighted by atomic mass is 9.86. The number of hydrogen-bond donors (Lipinski definition) is 0. The molecule has 48 heavy (non-hydrogen) atoms. The minimum Gasteiger partial charge on any atom is -0.264 e. The first kappa shape index (κ1) is 26.7. The van der Waals surface area contributed by atoms with E-state index >= 15 is 0 Å². The van der Waals surface area contributed by atoms with Crippen molar-refractivity contribution in [1.29, 1.82) is 0 Å². The zero-order valence-corrected chi connectivity index (χ0v) is 25.8. The molecule has 3 aromatic heterocycles. The predicted molar refractivity (Wildman–Crippen MR) is 198 cm³/mol. The number of hydrogen-bond acceptors (Lipinski definition) is 4.